The van der Waals surface area contributed by atoms with E-state index in [0.29, 0.717) is 6.42 Å². The van der Waals surface area contributed by atoms with Gasteiger partial charge in [0.1, 0.15) is 5.92 Å². The predicted octanol–water partition coefficient (Wildman–Crippen LogP) is 1.84. The van der Waals surface area contributed by atoms with Crippen molar-refractivity contribution in [2.45, 2.75) is 19.0 Å². The van der Waals surface area contributed by atoms with Crippen molar-refractivity contribution >= 4 is 23.4 Å². The SMILES string of the molecule is O=C(Nc1cccc(CN2CCSCC2)c1)[C@@H]1C[C@@H]1[N+](=O)[O-]. The molecule has 1 aromatic carbocycles. The maximum absolute atomic E-state index is 12.0. The van der Waals surface area contributed by atoms with Gasteiger partial charge in [-0.2, -0.15) is 11.8 Å². The first-order valence-electron chi connectivity index (χ1n) is 7.47. The molecular formula is C15H19N3O3S. The molecule has 0 unspecified atom stereocenters. The van der Waals surface area contributed by atoms with Crippen LogP contribution in [0, 0.1) is 16.0 Å². The number of benzene rings is 1. The zero-order valence-corrected chi connectivity index (χ0v) is 13.1. The molecule has 2 aliphatic rings. The smallest absolute Gasteiger partial charge is 0.234 e. The fraction of sp³-hybridized carbons (Fsp3) is 0.533. The van der Waals surface area contributed by atoms with E-state index in [1.165, 1.54) is 11.5 Å². The summed E-state index contributed by atoms with van der Waals surface area (Å²) in [5.41, 5.74) is 1.88. The van der Waals surface area contributed by atoms with E-state index in [0.717, 1.165) is 30.9 Å². The Bertz CT molecular complexity index is 575. The van der Waals surface area contributed by atoms with Crippen LogP contribution in [-0.4, -0.2) is 46.4 Å². The molecule has 1 aromatic rings. The predicted molar refractivity (Wildman–Crippen MR) is 86.6 cm³/mol. The summed E-state index contributed by atoms with van der Waals surface area (Å²) in [6.07, 6.45) is 0.351. The highest BCUT2D eigenvalue weighted by Crippen LogP contribution is 2.34. The second-order valence-corrected chi connectivity index (χ2v) is 7.00. The maximum atomic E-state index is 12.0. The van der Waals surface area contributed by atoms with E-state index < -0.39 is 12.0 Å². The van der Waals surface area contributed by atoms with Gasteiger partial charge in [-0.25, -0.2) is 0 Å². The number of amides is 1. The van der Waals surface area contributed by atoms with E-state index in [2.05, 4.69) is 10.2 Å². The van der Waals surface area contributed by atoms with Crippen LogP contribution in [0.3, 0.4) is 0 Å². The third-order valence-electron chi connectivity index (χ3n) is 4.07. The lowest BCUT2D eigenvalue weighted by molar-refractivity contribution is -0.497. The van der Waals surface area contributed by atoms with Gasteiger partial charge in [0.2, 0.25) is 11.9 Å². The third-order valence-corrected chi connectivity index (χ3v) is 5.01. The molecule has 2 fully saturated rings. The number of nitrogens with one attached hydrogen (secondary N) is 1. The van der Waals surface area contributed by atoms with E-state index in [1.807, 2.05) is 36.0 Å². The van der Waals surface area contributed by atoms with E-state index in [9.17, 15) is 14.9 Å². The molecule has 1 aliphatic carbocycles. The summed E-state index contributed by atoms with van der Waals surface area (Å²) in [5, 5.41) is 13.4. The van der Waals surface area contributed by atoms with Gasteiger partial charge in [-0.15, -0.1) is 0 Å². The summed E-state index contributed by atoms with van der Waals surface area (Å²) in [4.78, 5) is 24.6. The summed E-state index contributed by atoms with van der Waals surface area (Å²) in [6, 6.07) is 7.06. The fourth-order valence-electron chi connectivity index (χ4n) is 2.70. The quantitative estimate of drug-likeness (QED) is 0.661. The highest BCUT2D eigenvalue weighted by Gasteiger charge is 2.53. The van der Waals surface area contributed by atoms with Gasteiger partial charge < -0.3 is 5.32 Å². The number of carbonyl (C=O) groups excluding carboxylic acids is 1. The Morgan fingerprint density at radius 2 is 2.18 bits per heavy atom. The Morgan fingerprint density at radius 3 is 2.86 bits per heavy atom. The minimum Gasteiger partial charge on any atom is -0.326 e. The van der Waals surface area contributed by atoms with Crippen molar-refractivity contribution in [3.8, 4) is 0 Å². The van der Waals surface area contributed by atoms with Gasteiger partial charge in [-0.3, -0.25) is 19.8 Å². The van der Waals surface area contributed by atoms with Gasteiger partial charge in [0, 0.05) is 48.2 Å². The monoisotopic (exact) mass is 321 g/mol. The highest BCUT2D eigenvalue weighted by atomic mass is 32.2. The van der Waals surface area contributed by atoms with Crippen LogP contribution in [0.15, 0.2) is 24.3 Å². The number of carbonyl (C=O) groups is 1. The molecule has 1 saturated heterocycles. The number of anilines is 1. The number of nitro groups is 1. The second-order valence-electron chi connectivity index (χ2n) is 5.77. The van der Waals surface area contributed by atoms with E-state index in [-0.39, 0.29) is 10.8 Å². The van der Waals surface area contributed by atoms with Crippen LogP contribution in [0.1, 0.15) is 12.0 Å². The molecule has 22 heavy (non-hydrogen) atoms. The van der Waals surface area contributed by atoms with Crippen LogP contribution < -0.4 is 5.32 Å². The van der Waals surface area contributed by atoms with E-state index in [4.69, 9.17) is 0 Å². The molecule has 118 valence electrons. The minimum absolute atomic E-state index is 0.242. The van der Waals surface area contributed by atoms with Crippen molar-refractivity contribution in [2.24, 2.45) is 5.92 Å². The zero-order chi connectivity index (χ0) is 15.5. The largest absolute Gasteiger partial charge is 0.326 e. The van der Waals surface area contributed by atoms with Crippen LogP contribution in [0.5, 0.6) is 0 Å². The number of nitrogens with zero attached hydrogens (tertiary/aromatic N) is 2. The van der Waals surface area contributed by atoms with E-state index in [1.54, 1.807) is 0 Å². The Labute approximate surface area is 133 Å². The molecule has 0 bridgehead atoms. The summed E-state index contributed by atoms with van der Waals surface area (Å²) in [5.74, 6) is 1.62. The average molecular weight is 321 g/mol. The van der Waals surface area contributed by atoms with Crippen LogP contribution in [0.2, 0.25) is 0 Å². The Hall–Kier alpha value is -1.60. The molecule has 7 heteroatoms. The number of hydrogen-bond donors (Lipinski definition) is 1. The Kier molecular flexibility index (Phi) is 4.63. The molecule has 1 saturated carbocycles. The molecular weight excluding hydrogens is 302 g/mol. The summed E-state index contributed by atoms with van der Waals surface area (Å²) in [6.45, 7) is 3.06. The molecule has 1 N–H and O–H groups in total. The highest BCUT2D eigenvalue weighted by molar-refractivity contribution is 7.99. The first-order valence-corrected chi connectivity index (χ1v) is 8.62. The van der Waals surface area contributed by atoms with Gasteiger partial charge in [-0.1, -0.05) is 12.1 Å². The first-order chi connectivity index (χ1) is 10.6. The van der Waals surface area contributed by atoms with Crippen molar-refractivity contribution < 1.29 is 9.72 Å². The zero-order valence-electron chi connectivity index (χ0n) is 12.2. The van der Waals surface area contributed by atoms with Crippen molar-refractivity contribution in [2.75, 3.05) is 29.9 Å². The van der Waals surface area contributed by atoms with Gasteiger partial charge in [0.25, 0.3) is 0 Å². The maximum Gasteiger partial charge on any atom is 0.234 e. The van der Waals surface area contributed by atoms with Crippen LogP contribution in [-0.2, 0) is 11.3 Å². The minimum atomic E-state index is -0.700. The van der Waals surface area contributed by atoms with Crippen LogP contribution in [0.4, 0.5) is 5.69 Å². The normalized spacial score (nSPS) is 24.7. The molecule has 0 aromatic heterocycles. The molecule has 3 rings (SSSR count). The molecule has 1 amide bonds. The van der Waals surface area contributed by atoms with E-state index >= 15 is 0 Å². The summed E-state index contributed by atoms with van der Waals surface area (Å²) < 4.78 is 0. The fourth-order valence-corrected chi connectivity index (χ4v) is 3.67. The van der Waals surface area contributed by atoms with Gasteiger partial charge in [-0.05, 0) is 17.7 Å². The molecule has 1 aliphatic heterocycles. The Balaban J connectivity index is 1.57. The van der Waals surface area contributed by atoms with Gasteiger partial charge >= 0.3 is 0 Å². The van der Waals surface area contributed by atoms with Crippen molar-refractivity contribution in [3.05, 3.63) is 39.9 Å². The lowest BCUT2D eigenvalue weighted by Crippen LogP contribution is -2.31. The standard InChI is InChI=1S/C15H19N3O3S/c19-15(13-9-14(13)18(20)21)16-12-3-1-2-11(8-12)10-17-4-6-22-7-5-17/h1-3,8,13-14H,4-7,9-10H2,(H,16,19)/t13-,14+/m1/s1. The lowest BCUT2D eigenvalue weighted by Gasteiger charge is -2.26. The number of rotatable bonds is 5. The van der Waals surface area contributed by atoms with Crippen molar-refractivity contribution in [1.29, 1.82) is 0 Å². The molecule has 0 spiro atoms. The third kappa shape index (κ3) is 3.78. The lowest BCUT2D eigenvalue weighted by atomic mass is 10.2. The summed E-state index contributed by atoms with van der Waals surface area (Å²) >= 11 is 1.98. The molecule has 2 atom stereocenters. The van der Waals surface area contributed by atoms with Gasteiger partial charge in [0.05, 0.1) is 0 Å². The van der Waals surface area contributed by atoms with Crippen molar-refractivity contribution in [3.63, 3.8) is 0 Å². The first kappa shape index (κ1) is 15.3. The number of thioether (sulfide) groups is 1. The number of hydrogen-bond acceptors (Lipinski definition) is 5. The van der Waals surface area contributed by atoms with Crippen LogP contribution in [0.25, 0.3) is 0 Å². The summed E-state index contributed by atoms with van der Waals surface area (Å²) in [7, 11) is 0. The second kappa shape index (κ2) is 6.66. The Morgan fingerprint density at radius 1 is 1.41 bits per heavy atom. The topological polar surface area (TPSA) is 75.5 Å². The molecule has 1 heterocycles. The van der Waals surface area contributed by atoms with Crippen molar-refractivity contribution in [1.82, 2.24) is 4.90 Å². The van der Waals surface area contributed by atoms with Gasteiger partial charge in [0.15, 0.2) is 0 Å². The average Bonchev–Trinajstić information content (AvgIpc) is 3.29. The van der Waals surface area contributed by atoms with Crippen LogP contribution >= 0.6 is 11.8 Å². The molecule has 6 nitrogen and oxygen atoms in total. The molecule has 0 radical (unpaired) electrons.